The second-order valence-electron chi connectivity index (χ2n) is 9.16. The maximum atomic E-state index is 13.1. The fourth-order valence-corrected chi connectivity index (χ4v) is 4.44. The summed E-state index contributed by atoms with van der Waals surface area (Å²) in [4.78, 5) is 34.1. The van der Waals surface area contributed by atoms with Gasteiger partial charge in [0.25, 0.3) is 5.91 Å². The number of anilines is 2. The third-order valence-electron chi connectivity index (χ3n) is 6.36. The van der Waals surface area contributed by atoms with E-state index in [0.29, 0.717) is 11.6 Å². The number of carbonyl (C=O) groups excluding carboxylic acids is 1. The second-order valence-corrected chi connectivity index (χ2v) is 9.16. The number of aromatic nitrogens is 4. The fourth-order valence-electron chi connectivity index (χ4n) is 4.44. The molecule has 3 aromatic heterocycles. The molecule has 0 radical (unpaired) electrons. The summed E-state index contributed by atoms with van der Waals surface area (Å²) >= 11 is 0. The van der Waals surface area contributed by atoms with Crippen LogP contribution < -0.4 is 5.32 Å². The van der Waals surface area contributed by atoms with Crippen LogP contribution in [0, 0.1) is 0 Å². The average Bonchev–Trinajstić information content (AvgIpc) is 3.33. The van der Waals surface area contributed by atoms with Gasteiger partial charge in [-0.2, -0.15) is 0 Å². The van der Waals surface area contributed by atoms with Crippen molar-refractivity contribution in [2.45, 2.75) is 6.42 Å². The molecule has 9 nitrogen and oxygen atoms in total. The number of H-pyrrole nitrogens is 1. The van der Waals surface area contributed by atoms with Gasteiger partial charge >= 0.3 is 0 Å². The van der Waals surface area contributed by atoms with Crippen molar-refractivity contribution in [1.29, 1.82) is 0 Å². The number of nitrogens with one attached hydrogen (secondary N) is 2. The predicted octanol–water partition coefficient (Wildman–Crippen LogP) is 3.25. The van der Waals surface area contributed by atoms with E-state index in [0.717, 1.165) is 73.7 Å². The Morgan fingerprint density at radius 1 is 1.06 bits per heavy atom. The molecule has 0 aliphatic carbocycles. The standard InChI is InChI=1S/C27H30N8O/c1-33(2)12-5-13-34-14-16-35(17-15-34)26(36)25-19-20-18-21(7-8-22(20)31-25)30-27-29-11-9-24(32-27)23-6-3-4-10-28-23/h3-4,6-11,18-19H,1,5,12-17H2,2H3,(H-,28,29,30,31,32,36)/p+1. The van der Waals surface area contributed by atoms with Crippen molar-refractivity contribution in [2.24, 2.45) is 0 Å². The van der Waals surface area contributed by atoms with Gasteiger partial charge in [-0.05, 0) is 42.5 Å². The van der Waals surface area contributed by atoms with Gasteiger partial charge in [-0.1, -0.05) is 6.07 Å². The summed E-state index contributed by atoms with van der Waals surface area (Å²) in [5.41, 5.74) is 3.92. The molecule has 1 amide bonds. The van der Waals surface area contributed by atoms with Crippen LogP contribution in [0.15, 0.2) is 60.9 Å². The summed E-state index contributed by atoms with van der Waals surface area (Å²) in [6.07, 6.45) is 4.54. The first-order valence-corrected chi connectivity index (χ1v) is 12.2. The Balaban J connectivity index is 1.23. The lowest BCUT2D eigenvalue weighted by atomic mass is 10.2. The number of aromatic amines is 1. The molecule has 1 saturated heterocycles. The molecule has 184 valence electrons. The van der Waals surface area contributed by atoms with E-state index >= 15 is 0 Å². The number of rotatable bonds is 8. The monoisotopic (exact) mass is 483 g/mol. The number of hydrogen-bond donors (Lipinski definition) is 2. The van der Waals surface area contributed by atoms with Crippen molar-refractivity contribution in [3.8, 4) is 11.4 Å². The lowest BCUT2D eigenvalue weighted by Crippen LogP contribution is -2.49. The largest absolute Gasteiger partial charge is 0.351 e. The zero-order valence-electron chi connectivity index (χ0n) is 20.5. The highest BCUT2D eigenvalue weighted by molar-refractivity contribution is 5.98. The van der Waals surface area contributed by atoms with E-state index in [1.54, 1.807) is 12.4 Å². The number of benzene rings is 1. The summed E-state index contributed by atoms with van der Waals surface area (Å²) in [5, 5.41) is 4.22. The smallest absolute Gasteiger partial charge is 0.270 e. The van der Waals surface area contributed by atoms with Crippen molar-refractivity contribution >= 4 is 35.2 Å². The van der Waals surface area contributed by atoms with Crippen LogP contribution in [0.25, 0.3) is 22.3 Å². The van der Waals surface area contributed by atoms with Gasteiger partial charge in [0.2, 0.25) is 5.95 Å². The third kappa shape index (κ3) is 5.58. The van der Waals surface area contributed by atoms with E-state index in [4.69, 9.17) is 0 Å². The summed E-state index contributed by atoms with van der Waals surface area (Å²) in [6.45, 7) is 9.20. The van der Waals surface area contributed by atoms with Gasteiger partial charge in [-0.25, -0.2) is 14.5 Å². The fraction of sp³-hybridized carbons (Fsp3) is 0.296. The lowest BCUT2D eigenvalue weighted by molar-refractivity contribution is -0.488. The first-order valence-electron chi connectivity index (χ1n) is 12.2. The number of amides is 1. The van der Waals surface area contributed by atoms with E-state index in [9.17, 15) is 4.79 Å². The van der Waals surface area contributed by atoms with Crippen LogP contribution in [0.4, 0.5) is 11.6 Å². The van der Waals surface area contributed by atoms with E-state index in [1.807, 2.05) is 65.1 Å². The zero-order valence-corrected chi connectivity index (χ0v) is 20.5. The zero-order chi connectivity index (χ0) is 24.9. The highest BCUT2D eigenvalue weighted by Gasteiger charge is 2.23. The number of fused-ring (bicyclic) bond motifs is 1. The average molecular weight is 484 g/mol. The van der Waals surface area contributed by atoms with Gasteiger partial charge in [0, 0.05) is 68.1 Å². The summed E-state index contributed by atoms with van der Waals surface area (Å²) in [5.74, 6) is 0.535. The molecule has 0 saturated carbocycles. The van der Waals surface area contributed by atoms with Crippen LogP contribution in [-0.2, 0) is 0 Å². The maximum Gasteiger partial charge on any atom is 0.270 e. The van der Waals surface area contributed by atoms with E-state index in [-0.39, 0.29) is 5.91 Å². The van der Waals surface area contributed by atoms with Gasteiger partial charge in [-0.3, -0.25) is 14.7 Å². The first kappa shape index (κ1) is 23.6. The van der Waals surface area contributed by atoms with Crippen LogP contribution in [-0.4, -0.2) is 93.3 Å². The normalized spacial score (nSPS) is 14.2. The molecule has 0 atom stereocenters. The highest BCUT2D eigenvalue weighted by atomic mass is 16.2. The highest BCUT2D eigenvalue weighted by Crippen LogP contribution is 2.24. The maximum absolute atomic E-state index is 13.1. The minimum Gasteiger partial charge on any atom is -0.351 e. The SMILES string of the molecule is C=[N+](C)CCCN1CCN(C(=O)c2cc3cc(Nc4nccc(-c5ccccn5)n4)ccc3[nH]2)CC1. The summed E-state index contributed by atoms with van der Waals surface area (Å²) in [7, 11) is 1.99. The Kier molecular flexibility index (Phi) is 6.99. The predicted molar refractivity (Wildman–Crippen MR) is 142 cm³/mol. The Morgan fingerprint density at radius 2 is 1.92 bits per heavy atom. The molecular formula is C27H31N8O+. The quantitative estimate of drug-likeness (QED) is 0.295. The van der Waals surface area contributed by atoms with E-state index < -0.39 is 0 Å². The summed E-state index contributed by atoms with van der Waals surface area (Å²) in [6, 6.07) is 15.4. The van der Waals surface area contributed by atoms with E-state index in [1.165, 1.54) is 0 Å². The Hall–Kier alpha value is -4.11. The van der Waals surface area contributed by atoms with Crippen LogP contribution in [0.1, 0.15) is 16.9 Å². The molecule has 5 rings (SSSR count). The third-order valence-corrected chi connectivity index (χ3v) is 6.36. The van der Waals surface area contributed by atoms with Gasteiger partial charge in [0.15, 0.2) is 0 Å². The Bertz CT molecular complexity index is 1360. The molecule has 0 unspecified atom stereocenters. The second kappa shape index (κ2) is 10.7. The van der Waals surface area contributed by atoms with Gasteiger partial charge in [0.05, 0.1) is 11.4 Å². The van der Waals surface area contributed by atoms with Crippen LogP contribution >= 0.6 is 0 Å². The number of hydrogen-bond acceptors (Lipinski definition) is 6. The molecule has 1 aromatic carbocycles. The molecule has 1 fully saturated rings. The number of pyridine rings is 1. The van der Waals surface area contributed by atoms with Crippen LogP contribution in [0.2, 0.25) is 0 Å². The Morgan fingerprint density at radius 3 is 2.69 bits per heavy atom. The molecule has 36 heavy (non-hydrogen) atoms. The first-order chi connectivity index (χ1) is 17.5. The minimum absolute atomic E-state index is 0.0456. The van der Waals surface area contributed by atoms with Crippen LogP contribution in [0.3, 0.4) is 0 Å². The Labute approximate surface area is 210 Å². The topological polar surface area (TPSA) is 93.1 Å². The molecular weight excluding hydrogens is 452 g/mol. The van der Waals surface area contributed by atoms with Crippen molar-refractivity contribution in [1.82, 2.24) is 29.7 Å². The van der Waals surface area contributed by atoms with Crippen molar-refractivity contribution in [3.05, 3.63) is 66.6 Å². The summed E-state index contributed by atoms with van der Waals surface area (Å²) < 4.78 is 1.96. The molecule has 4 aromatic rings. The van der Waals surface area contributed by atoms with Crippen molar-refractivity contribution in [2.75, 3.05) is 51.6 Å². The molecule has 1 aliphatic rings. The van der Waals surface area contributed by atoms with Gasteiger partial charge in [-0.15, -0.1) is 0 Å². The van der Waals surface area contributed by atoms with Crippen molar-refractivity contribution < 1.29 is 9.37 Å². The van der Waals surface area contributed by atoms with E-state index in [2.05, 4.69) is 36.9 Å². The molecule has 1 aliphatic heterocycles. The number of piperazine rings is 1. The minimum atomic E-state index is 0.0456. The molecule has 9 heteroatoms. The number of nitrogens with zero attached hydrogens (tertiary/aromatic N) is 6. The molecule has 0 bridgehead atoms. The molecule has 0 spiro atoms. The van der Waals surface area contributed by atoms with Crippen molar-refractivity contribution in [3.63, 3.8) is 0 Å². The lowest BCUT2D eigenvalue weighted by Gasteiger charge is -2.34. The molecule has 2 N–H and O–H groups in total. The molecule has 4 heterocycles. The number of carbonyl (C=O) groups is 1. The van der Waals surface area contributed by atoms with Crippen LogP contribution in [0.5, 0.6) is 0 Å². The van der Waals surface area contributed by atoms with Gasteiger partial charge in [0.1, 0.15) is 26.0 Å². The van der Waals surface area contributed by atoms with Gasteiger partial charge < -0.3 is 15.2 Å².